The Morgan fingerprint density at radius 3 is 2.59 bits per heavy atom. The molecule has 29 heavy (non-hydrogen) atoms. The molecule has 1 saturated heterocycles. The van der Waals surface area contributed by atoms with E-state index in [9.17, 15) is 14.0 Å². The number of allylic oxidation sites excluding steroid dienone is 2. The van der Waals surface area contributed by atoms with Crippen LogP contribution < -0.4 is 5.73 Å². The fraction of sp³-hybridized carbons (Fsp3) is 0.409. The van der Waals surface area contributed by atoms with E-state index in [2.05, 4.69) is 5.10 Å². The lowest BCUT2D eigenvalue weighted by atomic mass is 9.97. The van der Waals surface area contributed by atoms with Gasteiger partial charge in [-0.2, -0.15) is 9.78 Å². The van der Waals surface area contributed by atoms with Gasteiger partial charge in [-0.25, -0.2) is 4.39 Å². The van der Waals surface area contributed by atoms with Crippen molar-refractivity contribution in [3.8, 4) is 0 Å². The van der Waals surface area contributed by atoms with E-state index in [-0.39, 0.29) is 11.9 Å². The highest BCUT2D eigenvalue weighted by Gasteiger charge is 2.32. The highest BCUT2D eigenvalue weighted by atomic mass is 19.1. The van der Waals surface area contributed by atoms with E-state index >= 15 is 0 Å². The quantitative estimate of drug-likeness (QED) is 0.615. The largest absolute Gasteiger partial charge is 0.398 e. The molecule has 1 amide bonds. The summed E-state index contributed by atoms with van der Waals surface area (Å²) in [4.78, 5) is 27.4. The molecular formula is C22H27FN4O2. The Labute approximate surface area is 170 Å². The molecule has 1 atom stereocenters. The van der Waals surface area contributed by atoms with Gasteiger partial charge in [0.05, 0.1) is 17.3 Å². The fourth-order valence-corrected chi connectivity index (χ4v) is 3.67. The first kappa shape index (κ1) is 20.8. The molecule has 0 spiro atoms. The molecule has 0 saturated carbocycles. The van der Waals surface area contributed by atoms with E-state index in [1.165, 1.54) is 0 Å². The molecular weight excluding hydrogens is 371 g/mol. The molecule has 0 aliphatic carbocycles. The second kappa shape index (κ2) is 8.19. The van der Waals surface area contributed by atoms with Crippen molar-refractivity contribution < 1.29 is 14.0 Å². The molecule has 2 N–H and O–H groups in total. The van der Waals surface area contributed by atoms with Crippen LogP contribution in [0.15, 0.2) is 35.7 Å². The van der Waals surface area contributed by atoms with Gasteiger partial charge in [-0.1, -0.05) is 11.6 Å². The number of hydrogen-bond acceptors (Lipinski definition) is 4. The molecule has 0 bridgehead atoms. The second-order valence-corrected chi connectivity index (χ2v) is 7.84. The van der Waals surface area contributed by atoms with Crippen molar-refractivity contribution in [3.63, 3.8) is 0 Å². The average molecular weight is 398 g/mol. The maximum Gasteiger partial charge on any atom is 0.307 e. The molecule has 1 unspecified atom stereocenters. The normalized spacial score (nSPS) is 16.6. The van der Waals surface area contributed by atoms with Crippen molar-refractivity contribution in [2.24, 2.45) is 0 Å². The summed E-state index contributed by atoms with van der Waals surface area (Å²) in [6, 6.07) is 6.88. The first-order chi connectivity index (χ1) is 13.7. The number of piperidine rings is 1. The van der Waals surface area contributed by atoms with Crippen molar-refractivity contribution >= 4 is 17.5 Å². The van der Waals surface area contributed by atoms with Gasteiger partial charge < -0.3 is 10.6 Å². The van der Waals surface area contributed by atoms with Crippen molar-refractivity contribution in [3.05, 3.63) is 58.2 Å². The van der Waals surface area contributed by atoms with E-state index in [1.54, 1.807) is 43.9 Å². The summed E-state index contributed by atoms with van der Waals surface area (Å²) in [6.07, 6.45) is 2.56. The Bertz CT molecular complexity index is 989. The first-order valence-corrected chi connectivity index (χ1v) is 9.82. The smallest absolute Gasteiger partial charge is 0.307 e. The molecule has 1 aromatic carbocycles. The van der Waals surface area contributed by atoms with E-state index in [0.717, 1.165) is 29.5 Å². The van der Waals surface area contributed by atoms with Crippen LogP contribution in [0.25, 0.3) is 0 Å². The molecule has 1 aromatic heterocycles. The van der Waals surface area contributed by atoms with Crippen molar-refractivity contribution in [1.29, 1.82) is 0 Å². The van der Waals surface area contributed by atoms with Gasteiger partial charge in [-0.3, -0.25) is 9.59 Å². The number of aryl methyl sites for hydroxylation is 2. The number of amides is 1. The van der Waals surface area contributed by atoms with Gasteiger partial charge in [-0.15, -0.1) is 0 Å². The zero-order valence-electron chi connectivity index (χ0n) is 17.3. The Morgan fingerprint density at radius 1 is 1.17 bits per heavy atom. The predicted molar refractivity (Wildman–Crippen MR) is 110 cm³/mol. The van der Waals surface area contributed by atoms with E-state index < -0.39 is 11.7 Å². The maximum absolute atomic E-state index is 14.1. The summed E-state index contributed by atoms with van der Waals surface area (Å²) in [7, 11) is 0. The van der Waals surface area contributed by atoms with Gasteiger partial charge in [0.15, 0.2) is 5.83 Å². The number of carbonyl (C=O) groups is 2. The second-order valence-electron chi connectivity index (χ2n) is 7.84. The van der Waals surface area contributed by atoms with Crippen LogP contribution in [0.1, 0.15) is 71.3 Å². The van der Waals surface area contributed by atoms with Crippen molar-refractivity contribution in [2.45, 2.75) is 53.0 Å². The van der Waals surface area contributed by atoms with Crippen LogP contribution in [-0.2, 0) is 0 Å². The van der Waals surface area contributed by atoms with Gasteiger partial charge in [0.2, 0.25) is 0 Å². The fourth-order valence-electron chi connectivity index (χ4n) is 3.67. The molecule has 0 radical (unpaired) electrons. The zero-order chi connectivity index (χ0) is 21.3. The number of likely N-dealkylation sites (tertiary alicyclic amines) is 1. The lowest BCUT2D eigenvalue weighted by molar-refractivity contribution is 0.0606. The minimum atomic E-state index is -0.813. The number of hydrogen-bond donors (Lipinski definition) is 1. The van der Waals surface area contributed by atoms with Crippen LogP contribution >= 0.6 is 0 Å². The van der Waals surface area contributed by atoms with Crippen LogP contribution in [0.3, 0.4) is 0 Å². The minimum absolute atomic E-state index is 0.148. The number of nitrogens with two attached hydrogens (primary N) is 1. The number of nitrogens with zero attached hydrogens (tertiary/aromatic N) is 3. The summed E-state index contributed by atoms with van der Waals surface area (Å²) >= 11 is 0. The average Bonchev–Trinajstić information content (AvgIpc) is 3.09. The summed E-state index contributed by atoms with van der Waals surface area (Å²) in [5.41, 5.74) is 9.35. The number of nitrogen functional groups attached to an aromatic ring is 1. The molecule has 1 aliphatic heterocycles. The molecule has 154 valence electrons. The SMILES string of the molecule is CC(C)=C(F)C(=O)n1nc(C2CCCCN2C(=O)c2cc(C)ccc2N)cc1C. The van der Waals surface area contributed by atoms with Crippen LogP contribution in [0.5, 0.6) is 0 Å². The number of halogens is 1. The summed E-state index contributed by atoms with van der Waals surface area (Å²) < 4.78 is 15.2. The molecule has 1 fully saturated rings. The van der Waals surface area contributed by atoms with Crippen molar-refractivity contribution in [1.82, 2.24) is 14.7 Å². The summed E-state index contributed by atoms with van der Waals surface area (Å²) in [6.45, 7) is 7.29. The Hall–Kier alpha value is -2.96. The lowest BCUT2D eigenvalue weighted by Gasteiger charge is -2.35. The maximum atomic E-state index is 14.1. The van der Waals surface area contributed by atoms with Crippen LogP contribution in [0, 0.1) is 13.8 Å². The topological polar surface area (TPSA) is 81.2 Å². The van der Waals surface area contributed by atoms with Crippen LogP contribution in [-0.4, -0.2) is 33.0 Å². The Balaban J connectivity index is 1.96. The highest BCUT2D eigenvalue weighted by Crippen LogP contribution is 2.33. The predicted octanol–water partition coefficient (Wildman–Crippen LogP) is 4.35. The third-order valence-electron chi connectivity index (χ3n) is 5.27. The van der Waals surface area contributed by atoms with Gasteiger partial charge in [-0.05, 0) is 70.7 Å². The molecule has 2 heterocycles. The third-order valence-corrected chi connectivity index (χ3v) is 5.27. The molecule has 2 aromatic rings. The first-order valence-electron chi connectivity index (χ1n) is 9.82. The minimum Gasteiger partial charge on any atom is -0.398 e. The van der Waals surface area contributed by atoms with E-state index in [4.69, 9.17) is 5.73 Å². The van der Waals surface area contributed by atoms with Crippen molar-refractivity contribution in [2.75, 3.05) is 12.3 Å². The van der Waals surface area contributed by atoms with Gasteiger partial charge in [0.1, 0.15) is 0 Å². The summed E-state index contributed by atoms with van der Waals surface area (Å²) in [5, 5.41) is 4.37. The number of carbonyl (C=O) groups excluding carboxylic acids is 2. The molecule has 7 heteroatoms. The van der Waals surface area contributed by atoms with Crippen LogP contribution in [0.2, 0.25) is 0 Å². The third kappa shape index (κ3) is 4.09. The zero-order valence-corrected chi connectivity index (χ0v) is 17.3. The lowest BCUT2D eigenvalue weighted by Crippen LogP contribution is -2.39. The standard InChI is InChI=1S/C22H27FN4O2/c1-13(2)20(23)22(29)27-15(4)12-18(25-27)19-7-5-6-10-26(19)21(28)16-11-14(3)8-9-17(16)24/h8-9,11-12,19H,5-7,10,24H2,1-4H3. The van der Waals surface area contributed by atoms with Gasteiger partial charge >= 0.3 is 5.91 Å². The Morgan fingerprint density at radius 2 is 1.90 bits per heavy atom. The highest BCUT2D eigenvalue weighted by molar-refractivity contribution is 5.99. The Kier molecular flexibility index (Phi) is 5.86. The number of aromatic nitrogens is 2. The monoisotopic (exact) mass is 398 g/mol. The summed E-state index contributed by atoms with van der Waals surface area (Å²) in [5.74, 6) is -1.75. The molecule has 3 rings (SSSR count). The van der Waals surface area contributed by atoms with E-state index in [1.807, 2.05) is 13.0 Å². The number of rotatable bonds is 3. The van der Waals surface area contributed by atoms with Crippen LogP contribution in [0.4, 0.5) is 10.1 Å². The molecule has 6 nitrogen and oxygen atoms in total. The number of anilines is 1. The van der Waals surface area contributed by atoms with Gasteiger partial charge in [0, 0.05) is 17.9 Å². The molecule has 1 aliphatic rings. The van der Waals surface area contributed by atoms with E-state index in [0.29, 0.717) is 34.8 Å². The van der Waals surface area contributed by atoms with Gasteiger partial charge in [0.25, 0.3) is 5.91 Å². The number of benzene rings is 1.